The van der Waals surface area contributed by atoms with Crippen molar-refractivity contribution in [2.45, 2.75) is 46.3 Å². The van der Waals surface area contributed by atoms with E-state index in [4.69, 9.17) is 8.53 Å². The summed E-state index contributed by atoms with van der Waals surface area (Å²) in [7, 11) is -1.23. The van der Waals surface area contributed by atoms with E-state index >= 15 is 0 Å². The number of halogens is 1. The molecule has 0 aliphatic rings. The van der Waals surface area contributed by atoms with Crippen LogP contribution in [0.1, 0.15) is 35.0 Å². The third kappa shape index (κ3) is 7.52. The summed E-state index contributed by atoms with van der Waals surface area (Å²) in [5.41, 5.74) is 7.19. The first-order chi connectivity index (χ1) is 23.3. The molecule has 0 atom stereocenters. The fourth-order valence-electron chi connectivity index (χ4n) is 5.34. The van der Waals surface area contributed by atoms with Gasteiger partial charge >= 0.3 is 0 Å². The summed E-state index contributed by atoms with van der Waals surface area (Å²) in [4.78, 5) is 8.99. The van der Waals surface area contributed by atoms with Gasteiger partial charge in [-0.1, -0.05) is 105 Å². The number of hydrogen-bond donors (Lipinski definition) is 0. The Morgan fingerprint density at radius 1 is 0.851 bits per heavy atom. The summed E-state index contributed by atoms with van der Waals surface area (Å²) in [6.07, 6.45) is 3.76. The zero-order valence-corrected chi connectivity index (χ0v) is 30.4. The Morgan fingerprint density at radius 3 is 2.38 bits per heavy atom. The molecule has 239 valence electrons. The number of rotatable bonds is 5. The first-order valence-electron chi connectivity index (χ1n) is 16.9. The smallest absolute Gasteiger partial charge is 0.121 e. The minimum absolute atomic E-state index is 0. The normalized spacial score (nSPS) is 12.5. The zero-order chi connectivity index (χ0) is 34.9. The van der Waals surface area contributed by atoms with Gasteiger partial charge in [0.2, 0.25) is 0 Å². The van der Waals surface area contributed by atoms with Gasteiger partial charge in [-0.3, -0.25) is 4.39 Å². The van der Waals surface area contributed by atoms with Crippen molar-refractivity contribution in [2.24, 2.45) is 0 Å². The van der Waals surface area contributed by atoms with E-state index < -0.39 is 20.7 Å². The van der Waals surface area contributed by atoms with Crippen molar-refractivity contribution in [1.82, 2.24) is 9.97 Å². The van der Waals surface area contributed by atoms with Gasteiger partial charge in [-0.2, -0.15) is 0 Å². The molecule has 7 aromatic rings. The minimum Gasteiger partial charge on any atom is -0.500 e. The Balaban J connectivity index is 0.000000241. The Hall–Kier alpha value is -4.22. The molecule has 6 heteroatoms. The maximum absolute atomic E-state index is 14.9. The van der Waals surface area contributed by atoms with E-state index in [2.05, 4.69) is 67.7 Å². The molecule has 0 saturated carbocycles. The minimum atomic E-state index is -2.19. The summed E-state index contributed by atoms with van der Waals surface area (Å²) >= 11 is 0. The van der Waals surface area contributed by atoms with Gasteiger partial charge in [-0.25, -0.2) is 0 Å². The number of hydrogen-bond acceptors (Lipinski definition) is 3. The van der Waals surface area contributed by atoms with Gasteiger partial charge in [0.15, 0.2) is 0 Å². The second-order valence-electron chi connectivity index (χ2n) is 12.7. The first kappa shape index (κ1) is 30.1. The first-order valence-corrected chi connectivity index (χ1v) is 18.9. The van der Waals surface area contributed by atoms with E-state index in [0.717, 1.165) is 27.9 Å². The number of pyridine rings is 2. The van der Waals surface area contributed by atoms with E-state index in [1.54, 1.807) is 24.4 Å². The van der Waals surface area contributed by atoms with Crippen LogP contribution in [-0.4, -0.2) is 18.0 Å². The largest absolute Gasteiger partial charge is 0.500 e. The quantitative estimate of drug-likeness (QED) is 0.128. The number of aromatic nitrogens is 2. The topological polar surface area (TPSA) is 38.9 Å². The van der Waals surface area contributed by atoms with Crippen LogP contribution >= 0.6 is 0 Å². The number of furan rings is 1. The Labute approximate surface area is 295 Å². The molecule has 0 aliphatic heterocycles. The van der Waals surface area contributed by atoms with Crippen molar-refractivity contribution in [3.63, 3.8) is 0 Å². The van der Waals surface area contributed by atoms with Crippen molar-refractivity contribution >= 4 is 35.2 Å². The van der Waals surface area contributed by atoms with Gasteiger partial charge in [0.1, 0.15) is 5.58 Å². The Kier molecular flexibility index (Phi) is 9.15. The summed E-state index contributed by atoms with van der Waals surface area (Å²) in [5, 5.41) is 2.43. The number of nitrogens with zero attached hydrogens (tertiary/aromatic N) is 2. The van der Waals surface area contributed by atoms with Crippen molar-refractivity contribution in [1.29, 1.82) is 0 Å². The number of fused-ring (bicyclic) bond motifs is 3. The fourth-order valence-corrected chi connectivity index (χ4v) is 6.38. The molecule has 0 saturated heterocycles. The average molecular weight is 816 g/mol. The molecular weight excluding hydrogens is 776 g/mol. The zero-order valence-electron chi connectivity index (χ0n) is 30.0. The van der Waals surface area contributed by atoms with Crippen LogP contribution in [0.5, 0.6) is 0 Å². The molecule has 3 nitrogen and oxygen atoms in total. The van der Waals surface area contributed by atoms with E-state index in [-0.39, 0.29) is 25.7 Å². The van der Waals surface area contributed by atoms with Crippen molar-refractivity contribution in [3.05, 3.63) is 139 Å². The molecule has 0 fully saturated rings. The van der Waals surface area contributed by atoms with Gasteiger partial charge in [0, 0.05) is 47.8 Å². The molecule has 0 N–H and O–H groups in total. The molecule has 0 aliphatic carbocycles. The van der Waals surface area contributed by atoms with E-state index in [1.807, 2.05) is 66.9 Å². The van der Waals surface area contributed by atoms with Gasteiger partial charge in [0.25, 0.3) is 0 Å². The third-order valence-corrected chi connectivity index (χ3v) is 10.0. The Morgan fingerprint density at radius 2 is 1.68 bits per heavy atom. The van der Waals surface area contributed by atoms with Crippen LogP contribution in [0, 0.1) is 24.8 Å². The average Bonchev–Trinajstić information content (AvgIpc) is 3.48. The van der Waals surface area contributed by atoms with Crippen molar-refractivity contribution < 1.29 is 33.0 Å². The van der Waals surface area contributed by atoms with Crippen molar-refractivity contribution in [2.75, 3.05) is 0 Å². The molecule has 3 heterocycles. The molecule has 4 aromatic carbocycles. The summed E-state index contributed by atoms with van der Waals surface area (Å²) < 4.78 is 44.1. The predicted octanol–water partition coefficient (Wildman–Crippen LogP) is 10.8. The van der Waals surface area contributed by atoms with Crippen LogP contribution in [0.2, 0.25) is 19.6 Å². The van der Waals surface area contributed by atoms with Crippen LogP contribution in [0.15, 0.2) is 114 Å². The van der Waals surface area contributed by atoms with Crippen LogP contribution in [0.4, 0.5) is 4.39 Å². The maximum Gasteiger partial charge on any atom is 0.121 e. The van der Waals surface area contributed by atoms with Gasteiger partial charge in [-0.05, 0) is 58.0 Å². The SMILES string of the molecule is C[Si](C)(C)c1ccc(-c2[c-]cccc2)nc1.[2H]C([2H])([2H])c1cccc(-c2ccc3c(c2)oc2c(-c4cc(C(C)C)ccn4)[c-]cc(F)c23)c1.[Ir]. The standard InChI is InChI=1S/C27H21FNO.C14H16NSi.Ir/c1-16(2)18-11-12-29-24(14-18)21-9-10-23(28)26-22-8-7-20(15-25(22)30-27(21)26)19-6-4-5-17(3)13-19;1-16(2,3)13-9-10-14(15-11-13)12-7-5-4-6-8-12;/h4-8,10-16H,1-3H3;4-7,9-11H,1-3H3;/q2*-1;/i3D3;;. The molecule has 1 radical (unpaired) electrons. The van der Waals surface area contributed by atoms with Crippen LogP contribution < -0.4 is 5.19 Å². The molecule has 0 unspecified atom stereocenters. The van der Waals surface area contributed by atoms with E-state index in [0.29, 0.717) is 39.1 Å². The predicted molar refractivity (Wildman–Crippen MR) is 191 cm³/mol. The second-order valence-corrected chi connectivity index (χ2v) is 17.8. The molecule has 47 heavy (non-hydrogen) atoms. The monoisotopic (exact) mass is 816 g/mol. The molecule has 3 aromatic heterocycles. The van der Waals surface area contributed by atoms with Gasteiger partial charge in [0.05, 0.1) is 13.7 Å². The summed E-state index contributed by atoms with van der Waals surface area (Å²) in [6, 6.07) is 36.0. The molecule has 0 amide bonds. The van der Waals surface area contributed by atoms with Crippen LogP contribution in [0.3, 0.4) is 0 Å². The summed E-state index contributed by atoms with van der Waals surface area (Å²) in [6.45, 7) is 9.01. The fraction of sp³-hybridized carbons (Fsp3) is 0.171. The summed E-state index contributed by atoms with van der Waals surface area (Å²) in [5.74, 6) is -0.0868. The second kappa shape index (κ2) is 14.3. The van der Waals surface area contributed by atoms with Gasteiger partial charge in [-0.15, -0.1) is 48.0 Å². The van der Waals surface area contributed by atoms with E-state index in [9.17, 15) is 4.39 Å². The van der Waals surface area contributed by atoms with Crippen molar-refractivity contribution in [3.8, 4) is 33.6 Å². The Bertz CT molecular complexity index is 2250. The van der Waals surface area contributed by atoms with Crippen LogP contribution in [-0.2, 0) is 20.1 Å². The van der Waals surface area contributed by atoms with E-state index in [1.165, 1.54) is 11.3 Å². The molecule has 0 spiro atoms. The van der Waals surface area contributed by atoms with Gasteiger partial charge < -0.3 is 14.4 Å². The molecular formula is C41H37FIrN2OSi-2. The van der Waals surface area contributed by atoms with Crippen LogP contribution in [0.25, 0.3) is 55.6 Å². The number of aryl methyl sites for hydroxylation is 1. The third-order valence-electron chi connectivity index (χ3n) is 8.02. The maximum atomic E-state index is 14.9. The number of benzene rings is 4. The molecule has 0 bridgehead atoms. The molecule has 7 rings (SSSR count).